The lowest BCUT2D eigenvalue weighted by molar-refractivity contribution is -1.11. The van der Waals surface area contributed by atoms with Gasteiger partial charge in [-0.05, 0) is 76.5 Å². The summed E-state index contributed by atoms with van der Waals surface area (Å²) in [6.07, 6.45) is -2.82. The van der Waals surface area contributed by atoms with Crippen LogP contribution in [0.2, 0.25) is 0 Å². The molecule has 0 aliphatic heterocycles. The van der Waals surface area contributed by atoms with E-state index in [-0.39, 0.29) is 13.0 Å². The molecule has 1 atom stereocenters. The van der Waals surface area contributed by atoms with Crippen molar-refractivity contribution in [3.05, 3.63) is 64.2 Å². The maximum absolute atomic E-state index is 13.6. The molecule has 43 heavy (non-hydrogen) atoms. The van der Waals surface area contributed by atoms with Gasteiger partial charge in [0, 0.05) is 12.5 Å². The second-order valence-electron chi connectivity index (χ2n) is 11.1. The van der Waals surface area contributed by atoms with E-state index in [1.165, 1.54) is 53.7 Å². The van der Waals surface area contributed by atoms with Gasteiger partial charge in [0.2, 0.25) is 0 Å². The molecule has 2 rings (SSSR count). The zero-order valence-corrected chi connectivity index (χ0v) is 25.9. The van der Waals surface area contributed by atoms with E-state index in [0.29, 0.717) is 5.75 Å². The minimum atomic E-state index is -5.24. The number of hydrogen-bond donors (Lipinski definition) is 1. The molecular weight excluding hydrogens is 588 g/mol. The lowest BCUT2D eigenvalue weighted by atomic mass is 10.2. The number of hydrogen-bond acceptors (Lipinski definition) is 11. The number of nitrogens with zero attached hydrogens (tertiary/aromatic N) is 3. The first kappa shape index (κ1) is 35.1. The standard InChI is InChI=1S/C27H36N4O11S/c1-19-12-10-13-20(18-19)38-16-11-17-39-31(25(33)41-27(5,6)7,23(28)29-24(32)40-26(2,3)4)42-43(36,37)22-15-9-8-14-21(22)30(34)35/h8-10,12-15,18H,11,16-17H2,1-7H3,(H-,28,29,32)/p+1. The Balaban J connectivity index is 2.58. The van der Waals surface area contributed by atoms with Crippen molar-refractivity contribution >= 4 is 34.0 Å². The van der Waals surface area contributed by atoms with E-state index in [4.69, 9.17) is 29.1 Å². The van der Waals surface area contributed by atoms with Crippen LogP contribution in [0.3, 0.4) is 0 Å². The number of aliphatic imine (C=N–C) groups is 1. The second-order valence-corrected chi connectivity index (χ2v) is 12.6. The van der Waals surface area contributed by atoms with E-state index < -0.39 is 66.4 Å². The predicted octanol–water partition coefficient (Wildman–Crippen LogP) is 4.93. The number of benzene rings is 2. The SMILES string of the molecule is Cc1cccc(OCCCO[N+](OS(=O)(=O)c2ccccc2[N+](=O)[O-])(C(=O)OC(C)(C)C)C(N)=NC(=O)OC(C)(C)C)c1. The predicted molar refractivity (Wildman–Crippen MR) is 153 cm³/mol. The molecule has 0 aliphatic carbocycles. The molecule has 2 amide bonds. The van der Waals surface area contributed by atoms with E-state index in [1.807, 2.05) is 13.0 Å². The van der Waals surface area contributed by atoms with E-state index in [2.05, 4.69) is 4.99 Å². The number of aryl methyl sites for hydroxylation is 1. The van der Waals surface area contributed by atoms with Gasteiger partial charge in [0.25, 0.3) is 5.69 Å². The average molecular weight is 626 g/mol. The Morgan fingerprint density at radius 3 is 2.19 bits per heavy atom. The van der Waals surface area contributed by atoms with Crippen LogP contribution >= 0.6 is 0 Å². The van der Waals surface area contributed by atoms with Crippen molar-refractivity contribution < 1.29 is 51.1 Å². The zero-order chi connectivity index (χ0) is 32.6. The Kier molecular flexibility index (Phi) is 11.3. The minimum absolute atomic E-state index is 0.0395. The summed E-state index contributed by atoms with van der Waals surface area (Å²) < 4.78 is 48.3. The van der Waals surface area contributed by atoms with Crippen LogP contribution in [0.15, 0.2) is 58.4 Å². The summed E-state index contributed by atoms with van der Waals surface area (Å²) in [4.78, 5) is 42.7. The number of amides is 2. The van der Waals surface area contributed by atoms with E-state index in [0.717, 1.165) is 17.7 Å². The van der Waals surface area contributed by atoms with Crippen molar-refractivity contribution in [2.24, 2.45) is 10.7 Å². The van der Waals surface area contributed by atoms with Gasteiger partial charge in [-0.1, -0.05) is 29.3 Å². The molecule has 0 saturated carbocycles. The first-order valence-electron chi connectivity index (χ1n) is 13.0. The van der Waals surface area contributed by atoms with Gasteiger partial charge in [-0.25, -0.2) is 4.79 Å². The summed E-state index contributed by atoms with van der Waals surface area (Å²) in [5.41, 5.74) is 3.83. The number of carbonyl (C=O) groups excluding carboxylic acids is 2. The molecule has 2 aromatic rings. The van der Waals surface area contributed by atoms with Crippen LogP contribution in [0, 0.1) is 17.0 Å². The zero-order valence-electron chi connectivity index (χ0n) is 25.1. The summed E-state index contributed by atoms with van der Waals surface area (Å²) in [5, 5.41) is 11.6. The summed E-state index contributed by atoms with van der Waals surface area (Å²) in [7, 11) is -5.24. The fourth-order valence-corrected chi connectivity index (χ4v) is 4.39. The molecule has 0 aromatic heterocycles. The average Bonchev–Trinajstić information content (AvgIpc) is 2.85. The van der Waals surface area contributed by atoms with Crippen LogP contribution in [-0.4, -0.2) is 60.7 Å². The number of rotatable bonds is 10. The van der Waals surface area contributed by atoms with Gasteiger partial charge in [0.15, 0.2) is 4.90 Å². The number of quaternary nitrogens is 1. The van der Waals surface area contributed by atoms with Crippen LogP contribution in [0.4, 0.5) is 15.3 Å². The topological polar surface area (TPSA) is 196 Å². The Hall–Kier alpha value is -4.12. The smallest absolute Gasteiger partial charge is 0.493 e. The molecule has 16 heteroatoms. The van der Waals surface area contributed by atoms with Crippen molar-refractivity contribution in [1.29, 1.82) is 0 Å². The van der Waals surface area contributed by atoms with Gasteiger partial charge in [-0.3, -0.25) is 10.1 Å². The number of para-hydroxylation sites is 1. The van der Waals surface area contributed by atoms with Gasteiger partial charge in [-0.15, -0.1) is 4.84 Å². The number of guanidine groups is 1. The van der Waals surface area contributed by atoms with Gasteiger partial charge < -0.3 is 19.9 Å². The van der Waals surface area contributed by atoms with Crippen LogP contribution in [-0.2, 0) is 28.7 Å². The lowest BCUT2D eigenvalue weighted by Crippen LogP contribution is -2.62. The molecule has 15 nitrogen and oxygen atoms in total. The molecule has 236 valence electrons. The van der Waals surface area contributed by atoms with E-state index >= 15 is 0 Å². The highest BCUT2D eigenvalue weighted by Gasteiger charge is 2.57. The summed E-state index contributed by atoms with van der Waals surface area (Å²) in [6.45, 7) is 10.5. The molecule has 0 saturated heterocycles. The summed E-state index contributed by atoms with van der Waals surface area (Å²) >= 11 is 0. The van der Waals surface area contributed by atoms with Gasteiger partial charge in [0.05, 0.1) is 11.5 Å². The molecule has 0 fully saturated rings. The molecule has 2 aromatic carbocycles. The number of hydroxylamine groups is 4. The molecule has 1 unspecified atom stereocenters. The highest BCUT2D eigenvalue weighted by Crippen LogP contribution is 2.30. The fraction of sp³-hybridized carbons (Fsp3) is 0.444. The molecular formula is C27H37N4O11S+. The van der Waals surface area contributed by atoms with Crippen molar-refractivity contribution in [3.63, 3.8) is 0 Å². The summed E-state index contributed by atoms with van der Waals surface area (Å²) in [5.74, 6) is -0.598. The van der Waals surface area contributed by atoms with Crippen LogP contribution in [0.5, 0.6) is 5.75 Å². The Morgan fingerprint density at radius 2 is 1.60 bits per heavy atom. The maximum Gasteiger partial charge on any atom is 0.595 e. The van der Waals surface area contributed by atoms with Gasteiger partial charge >= 0.3 is 28.3 Å². The molecule has 0 spiro atoms. The van der Waals surface area contributed by atoms with Crippen molar-refractivity contribution in [2.45, 2.75) is 71.0 Å². The Labute approximate surface area is 249 Å². The number of nitro groups is 1. The van der Waals surface area contributed by atoms with E-state index in [1.54, 1.807) is 18.2 Å². The van der Waals surface area contributed by atoms with Crippen LogP contribution in [0.25, 0.3) is 0 Å². The normalized spacial score (nSPS) is 14.0. The number of nitrogens with two attached hydrogens (primary N) is 1. The first-order valence-corrected chi connectivity index (χ1v) is 14.4. The molecule has 0 bridgehead atoms. The van der Waals surface area contributed by atoms with Gasteiger partial charge in [-0.2, -0.15) is 13.2 Å². The highest BCUT2D eigenvalue weighted by molar-refractivity contribution is 7.86. The third-order valence-corrected chi connectivity index (χ3v) is 6.18. The second kappa shape index (κ2) is 13.9. The molecule has 0 heterocycles. The Bertz CT molecular complexity index is 1460. The van der Waals surface area contributed by atoms with Crippen molar-refractivity contribution in [2.75, 3.05) is 13.2 Å². The molecule has 0 aliphatic rings. The van der Waals surface area contributed by atoms with E-state index in [9.17, 15) is 28.1 Å². The Morgan fingerprint density at radius 1 is 0.977 bits per heavy atom. The van der Waals surface area contributed by atoms with Crippen LogP contribution < -0.4 is 10.5 Å². The minimum Gasteiger partial charge on any atom is -0.493 e. The first-order chi connectivity index (χ1) is 19.8. The highest BCUT2D eigenvalue weighted by atomic mass is 32.2. The summed E-state index contributed by atoms with van der Waals surface area (Å²) in [6, 6.07) is 11.4. The third-order valence-electron chi connectivity index (χ3n) is 4.89. The van der Waals surface area contributed by atoms with Crippen molar-refractivity contribution in [1.82, 2.24) is 0 Å². The monoisotopic (exact) mass is 625 g/mol. The number of ether oxygens (including phenoxy) is 3. The number of nitro benzene ring substituents is 1. The maximum atomic E-state index is 13.6. The quantitative estimate of drug-likeness (QED) is 0.0935. The van der Waals surface area contributed by atoms with Crippen molar-refractivity contribution in [3.8, 4) is 5.75 Å². The van der Waals surface area contributed by atoms with Gasteiger partial charge in [0.1, 0.15) is 28.4 Å². The van der Waals surface area contributed by atoms with Crippen LogP contribution in [0.1, 0.15) is 53.5 Å². The molecule has 0 radical (unpaired) electrons. The molecule has 2 N–H and O–H groups in total. The fourth-order valence-electron chi connectivity index (χ4n) is 3.21. The third kappa shape index (κ3) is 10.6. The largest absolute Gasteiger partial charge is 0.595 e. The number of carbonyl (C=O) groups is 2. The lowest BCUT2D eigenvalue weighted by Gasteiger charge is -2.28.